The minimum Gasteiger partial charge on any atom is -0.462 e. The molecule has 0 aliphatic carbocycles. The second kappa shape index (κ2) is 9.05. The molecule has 0 bridgehead atoms. The Balaban J connectivity index is 1.63. The zero-order valence-corrected chi connectivity index (χ0v) is 15.2. The summed E-state index contributed by atoms with van der Waals surface area (Å²) in [7, 11) is 0. The third kappa shape index (κ3) is 4.98. The molecular weight excluding hydrogens is 346 g/mol. The third-order valence-electron chi connectivity index (χ3n) is 4.16. The molecule has 0 atom stereocenters. The van der Waals surface area contributed by atoms with Gasteiger partial charge >= 0.3 is 12.0 Å². The minimum absolute atomic E-state index is 0.323. The fraction of sp³-hybridized carbons (Fsp3) is 0.300. The van der Waals surface area contributed by atoms with Crippen molar-refractivity contribution in [1.29, 1.82) is 0 Å². The number of amides is 2. The lowest BCUT2D eigenvalue weighted by molar-refractivity contribution is 0.0526. The van der Waals surface area contributed by atoms with E-state index in [1.54, 1.807) is 31.2 Å². The first-order valence-corrected chi connectivity index (χ1v) is 8.94. The van der Waals surface area contributed by atoms with Crippen molar-refractivity contribution in [3.05, 3.63) is 54.1 Å². The number of anilines is 3. The Hall–Kier alpha value is -3.06. The number of rotatable bonds is 5. The number of urea groups is 1. The van der Waals surface area contributed by atoms with E-state index >= 15 is 0 Å². The number of para-hydroxylation sites is 2. The number of carbonyl (C=O) groups is 2. The van der Waals surface area contributed by atoms with Crippen molar-refractivity contribution in [3.8, 4) is 0 Å². The van der Waals surface area contributed by atoms with Gasteiger partial charge in [-0.2, -0.15) is 0 Å². The second-order valence-electron chi connectivity index (χ2n) is 5.99. The van der Waals surface area contributed by atoms with Crippen LogP contribution in [0.15, 0.2) is 48.5 Å². The van der Waals surface area contributed by atoms with Gasteiger partial charge in [-0.15, -0.1) is 0 Å². The number of nitrogens with zero attached hydrogens (tertiary/aromatic N) is 1. The number of hydrogen-bond donors (Lipinski definition) is 2. The maximum absolute atomic E-state index is 12.4. The van der Waals surface area contributed by atoms with Gasteiger partial charge in [0.15, 0.2) is 0 Å². The van der Waals surface area contributed by atoms with Crippen molar-refractivity contribution in [3.63, 3.8) is 0 Å². The molecule has 1 saturated heterocycles. The van der Waals surface area contributed by atoms with Crippen LogP contribution in [0.5, 0.6) is 0 Å². The van der Waals surface area contributed by atoms with Gasteiger partial charge < -0.3 is 25.0 Å². The van der Waals surface area contributed by atoms with E-state index in [1.807, 2.05) is 24.3 Å². The van der Waals surface area contributed by atoms with Crippen LogP contribution in [-0.2, 0) is 9.47 Å². The van der Waals surface area contributed by atoms with Crippen molar-refractivity contribution in [2.24, 2.45) is 0 Å². The minimum atomic E-state index is -0.382. The highest BCUT2D eigenvalue weighted by molar-refractivity contribution is 6.02. The summed E-state index contributed by atoms with van der Waals surface area (Å²) in [5.41, 5.74) is 2.73. The number of morpholine rings is 1. The average molecular weight is 369 g/mol. The normalized spacial score (nSPS) is 13.7. The standard InChI is InChI=1S/C20H23N3O4/c1-2-27-19(24)15-7-9-16(10-8-15)21-20(25)22-17-5-3-4-6-18(17)23-11-13-26-14-12-23/h3-10H,2,11-14H2,1H3,(H2,21,22,25). The summed E-state index contributed by atoms with van der Waals surface area (Å²) in [6.45, 7) is 5.00. The van der Waals surface area contributed by atoms with Crippen molar-refractivity contribution in [2.75, 3.05) is 48.4 Å². The molecule has 2 amide bonds. The Morgan fingerprint density at radius 1 is 1.04 bits per heavy atom. The van der Waals surface area contributed by atoms with E-state index in [4.69, 9.17) is 9.47 Å². The Morgan fingerprint density at radius 2 is 1.74 bits per heavy atom. The van der Waals surface area contributed by atoms with Crippen LogP contribution in [-0.4, -0.2) is 44.9 Å². The molecule has 2 aromatic carbocycles. The molecule has 7 heteroatoms. The zero-order valence-electron chi connectivity index (χ0n) is 15.2. The molecule has 1 heterocycles. The maximum Gasteiger partial charge on any atom is 0.338 e. The van der Waals surface area contributed by atoms with Crippen LogP contribution >= 0.6 is 0 Å². The molecule has 0 unspecified atom stereocenters. The van der Waals surface area contributed by atoms with E-state index in [2.05, 4.69) is 15.5 Å². The lowest BCUT2D eigenvalue weighted by atomic mass is 10.2. The summed E-state index contributed by atoms with van der Waals surface area (Å²) < 4.78 is 10.3. The maximum atomic E-state index is 12.4. The molecule has 0 aromatic heterocycles. The van der Waals surface area contributed by atoms with Gasteiger partial charge in [0, 0.05) is 18.8 Å². The van der Waals surface area contributed by atoms with E-state index in [0.29, 0.717) is 31.1 Å². The van der Waals surface area contributed by atoms with Crippen molar-refractivity contribution in [1.82, 2.24) is 0 Å². The topological polar surface area (TPSA) is 79.9 Å². The largest absolute Gasteiger partial charge is 0.462 e. The van der Waals surface area contributed by atoms with Crippen LogP contribution in [0, 0.1) is 0 Å². The van der Waals surface area contributed by atoms with Gasteiger partial charge in [0.1, 0.15) is 0 Å². The number of esters is 1. The van der Waals surface area contributed by atoms with Gasteiger partial charge in [-0.1, -0.05) is 12.1 Å². The Labute approximate surface area is 158 Å². The first kappa shape index (κ1) is 18.7. The molecule has 1 aliphatic heterocycles. The number of ether oxygens (including phenoxy) is 2. The van der Waals surface area contributed by atoms with Gasteiger partial charge in [0.05, 0.1) is 36.8 Å². The first-order chi connectivity index (χ1) is 13.2. The highest BCUT2D eigenvalue weighted by atomic mass is 16.5. The smallest absolute Gasteiger partial charge is 0.338 e. The van der Waals surface area contributed by atoms with Crippen molar-refractivity contribution in [2.45, 2.75) is 6.92 Å². The van der Waals surface area contributed by atoms with Crippen LogP contribution in [0.2, 0.25) is 0 Å². The van der Waals surface area contributed by atoms with Gasteiger partial charge in [-0.3, -0.25) is 0 Å². The molecule has 0 saturated carbocycles. The fourth-order valence-corrected chi connectivity index (χ4v) is 2.85. The van der Waals surface area contributed by atoms with E-state index < -0.39 is 0 Å². The van der Waals surface area contributed by atoms with Crippen LogP contribution in [0.3, 0.4) is 0 Å². The average Bonchev–Trinajstić information content (AvgIpc) is 2.70. The second-order valence-corrected chi connectivity index (χ2v) is 5.99. The quantitative estimate of drug-likeness (QED) is 0.790. The molecule has 0 spiro atoms. The van der Waals surface area contributed by atoms with E-state index in [9.17, 15) is 9.59 Å². The summed E-state index contributed by atoms with van der Waals surface area (Å²) in [6.07, 6.45) is 0. The molecule has 2 aromatic rings. The first-order valence-electron chi connectivity index (χ1n) is 8.94. The summed E-state index contributed by atoms with van der Waals surface area (Å²) in [5, 5.41) is 5.66. The molecule has 142 valence electrons. The lowest BCUT2D eigenvalue weighted by Crippen LogP contribution is -2.36. The molecule has 1 fully saturated rings. The predicted octanol–water partition coefficient (Wildman–Crippen LogP) is 3.34. The molecule has 27 heavy (non-hydrogen) atoms. The van der Waals surface area contributed by atoms with E-state index in [0.717, 1.165) is 24.5 Å². The number of carbonyl (C=O) groups excluding carboxylic acids is 2. The molecule has 2 N–H and O–H groups in total. The Morgan fingerprint density at radius 3 is 2.44 bits per heavy atom. The lowest BCUT2D eigenvalue weighted by Gasteiger charge is -2.30. The van der Waals surface area contributed by atoms with E-state index in [1.165, 1.54) is 0 Å². The Kier molecular flexibility index (Phi) is 6.27. The van der Waals surface area contributed by atoms with E-state index in [-0.39, 0.29) is 12.0 Å². The highest BCUT2D eigenvalue weighted by Gasteiger charge is 2.16. The van der Waals surface area contributed by atoms with Gasteiger partial charge in [0.25, 0.3) is 0 Å². The summed E-state index contributed by atoms with van der Waals surface area (Å²) in [4.78, 5) is 26.2. The van der Waals surface area contributed by atoms with Gasteiger partial charge in [-0.25, -0.2) is 9.59 Å². The summed E-state index contributed by atoms with van der Waals surface area (Å²) in [6, 6.07) is 13.9. The van der Waals surface area contributed by atoms with Crippen molar-refractivity contribution < 1.29 is 19.1 Å². The fourth-order valence-electron chi connectivity index (χ4n) is 2.85. The van der Waals surface area contributed by atoms with Crippen LogP contribution in [0.1, 0.15) is 17.3 Å². The zero-order chi connectivity index (χ0) is 19.1. The van der Waals surface area contributed by atoms with Crippen LogP contribution in [0.25, 0.3) is 0 Å². The molecule has 0 radical (unpaired) electrons. The Bertz CT molecular complexity index is 786. The molecule has 1 aliphatic rings. The number of hydrogen-bond acceptors (Lipinski definition) is 5. The number of benzene rings is 2. The summed E-state index contributed by atoms with van der Waals surface area (Å²) >= 11 is 0. The SMILES string of the molecule is CCOC(=O)c1ccc(NC(=O)Nc2ccccc2N2CCOCC2)cc1. The molecule has 7 nitrogen and oxygen atoms in total. The monoisotopic (exact) mass is 369 g/mol. The molecule has 3 rings (SSSR count). The van der Waals surface area contributed by atoms with Crippen LogP contribution in [0.4, 0.5) is 21.9 Å². The van der Waals surface area contributed by atoms with Crippen molar-refractivity contribution >= 4 is 29.1 Å². The van der Waals surface area contributed by atoms with Gasteiger partial charge in [-0.05, 0) is 43.3 Å². The predicted molar refractivity (Wildman–Crippen MR) is 105 cm³/mol. The molecular formula is C20H23N3O4. The van der Waals surface area contributed by atoms with Crippen LogP contribution < -0.4 is 15.5 Å². The van der Waals surface area contributed by atoms with Gasteiger partial charge in [0.2, 0.25) is 0 Å². The third-order valence-corrected chi connectivity index (χ3v) is 4.16. The summed E-state index contributed by atoms with van der Waals surface area (Å²) in [5.74, 6) is -0.382. The number of nitrogens with one attached hydrogen (secondary N) is 2. The highest BCUT2D eigenvalue weighted by Crippen LogP contribution is 2.26.